The Bertz CT molecular complexity index is 493. The molecule has 0 aliphatic carbocycles. The van der Waals surface area contributed by atoms with Crippen LogP contribution in [0.15, 0.2) is 72.9 Å². The maximum absolute atomic E-state index is 10.2. The number of carboxylic acids is 1. The monoisotopic (exact) mass is 344 g/mol. The van der Waals surface area contributed by atoms with Gasteiger partial charge in [-0.25, -0.2) is 4.79 Å². The summed E-state index contributed by atoms with van der Waals surface area (Å²) in [7, 11) is 0. The molecule has 0 heterocycles. The van der Waals surface area contributed by atoms with E-state index >= 15 is 0 Å². The number of aliphatic hydroxyl groups is 1. The Morgan fingerprint density at radius 1 is 0.800 bits per heavy atom. The first-order valence-corrected chi connectivity index (χ1v) is 9.07. The summed E-state index contributed by atoms with van der Waals surface area (Å²) in [4.78, 5) is 10.2. The van der Waals surface area contributed by atoms with E-state index in [1.54, 1.807) is 12.2 Å². The predicted molar refractivity (Wildman–Crippen MR) is 106 cm³/mol. The van der Waals surface area contributed by atoms with Crippen LogP contribution in [0.2, 0.25) is 0 Å². The number of carboxylic acid groups (broad SMARTS) is 1. The van der Waals surface area contributed by atoms with Gasteiger partial charge in [0.25, 0.3) is 0 Å². The fourth-order valence-electron chi connectivity index (χ4n) is 2.07. The van der Waals surface area contributed by atoms with Crippen LogP contribution < -0.4 is 0 Å². The minimum Gasteiger partial charge on any atom is -0.478 e. The van der Waals surface area contributed by atoms with Crippen LogP contribution in [0.4, 0.5) is 0 Å². The highest BCUT2D eigenvalue weighted by atomic mass is 16.4. The molecule has 0 aromatic carbocycles. The van der Waals surface area contributed by atoms with Crippen LogP contribution in [-0.4, -0.2) is 22.3 Å². The van der Waals surface area contributed by atoms with Gasteiger partial charge in [0.15, 0.2) is 0 Å². The Labute approximate surface area is 152 Å². The first-order valence-electron chi connectivity index (χ1n) is 9.07. The van der Waals surface area contributed by atoms with Crippen LogP contribution in [0, 0.1) is 0 Å². The molecule has 0 saturated heterocycles. The maximum Gasteiger partial charge on any atom is 0.328 e. The molecule has 0 aromatic rings. The third-order valence-corrected chi connectivity index (χ3v) is 3.42. The maximum atomic E-state index is 10.2. The second-order valence-electron chi connectivity index (χ2n) is 5.75. The molecular formula is C22H32O3. The van der Waals surface area contributed by atoms with Gasteiger partial charge in [-0.15, -0.1) is 0 Å². The summed E-state index contributed by atoms with van der Waals surface area (Å²) in [5, 5.41) is 18.2. The molecule has 0 amide bonds. The Kier molecular flexibility index (Phi) is 16.7. The van der Waals surface area contributed by atoms with Crippen molar-refractivity contribution < 1.29 is 15.0 Å². The van der Waals surface area contributed by atoms with Gasteiger partial charge in [0.05, 0.1) is 6.10 Å². The van der Waals surface area contributed by atoms with Crippen molar-refractivity contribution in [3.05, 3.63) is 72.9 Å². The van der Waals surface area contributed by atoms with Crippen LogP contribution in [0.3, 0.4) is 0 Å². The predicted octanol–water partition coefficient (Wildman–Crippen LogP) is 5.52. The smallest absolute Gasteiger partial charge is 0.328 e. The number of aliphatic hydroxyl groups excluding tert-OH is 1. The lowest BCUT2D eigenvalue weighted by atomic mass is 10.1. The number of carbonyl (C=O) groups is 1. The van der Waals surface area contributed by atoms with E-state index in [0.29, 0.717) is 0 Å². The summed E-state index contributed by atoms with van der Waals surface area (Å²) < 4.78 is 0. The highest BCUT2D eigenvalue weighted by molar-refractivity contribution is 5.80. The van der Waals surface area contributed by atoms with Gasteiger partial charge in [-0.3, -0.25) is 0 Å². The molecule has 25 heavy (non-hydrogen) atoms. The van der Waals surface area contributed by atoms with E-state index in [9.17, 15) is 9.90 Å². The van der Waals surface area contributed by atoms with E-state index < -0.39 is 5.97 Å². The van der Waals surface area contributed by atoms with Crippen molar-refractivity contribution in [2.24, 2.45) is 0 Å². The topological polar surface area (TPSA) is 57.5 Å². The minimum absolute atomic E-state index is 0.140. The van der Waals surface area contributed by atoms with Gasteiger partial charge >= 0.3 is 5.97 Å². The number of hydrogen-bond donors (Lipinski definition) is 2. The molecule has 2 N–H and O–H groups in total. The first-order chi connectivity index (χ1) is 12.2. The average Bonchev–Trinajstić information content (AvgIpc) is 2.58. The zero-order valence-electron chi connectivity index (χ0n) is 15.3. The third-order valence-electron chi connectivity index (χ3n) is 3.42. The van der Waals surface area contributed by atoms with E-state index in [0.717, 1.165) is 38.2 Å². The highest BCUT2D eigenvalue weighted by Gasteiger charge is 2.01. The molecule has 0 rings (SSSR count). The minimum atomic E-state index is -0.949. The fraction of sp³-hybridized carbons (Fsp3) is 0.409. The number of hydrogen-bond acceptors (Lipinski definition) is 2. The molecule has 1 atom stereocenters. The van der Waals surface area contributed by atoms with Crippen molar-refractivity contribution in [1.29, 1.82) is 0 Å². The Balaban J connectivity index is 3.69. The molecule has 1 unspecified atom stereocenters. The van der Waals surface area contributed by atoms with Crippen LogP contribution in [0.5, 0.6) is 0 Å². The van der Waals surface area contributed by atoms with Crippen LogP contribution in [0.25, 0.3) is 0 Å². The molecule has 3 nitrogen and oxygen atoms in total. The van der Waals surface area contributed by atoms with E-state index in [1.807, 2.05) is 42.5 Å². The molecule has 138 valence electrons. The van der Waals surface area contributed by atoms with Gasteiger partial charge in [0, 0.05) is 6.08 Å². The molecule has 0 aliphatic rings. The van der Waals surface area contributed by atoms with Gasteiger partial charge in [-0.2, -0.15) is 0 Å². The first kappa shape index (κ1) is 22.9. The van der Waals surface area contributed by atoms with Crippen LogP contribution >= 0.6 is 0 Å². The molecular weight excluding hydrogens is 312 g/mol. The molecule has 0 radical (unpaired) electrons. The SMILES string of the molecule is CCCCCC(O)CCCC=CC=CC=CC=CC=CC=CC(=O)O. The Hall–Kier alpha value is -2.13. The summed E-state index contributed by atoms with van der Waals surface area (Å²) in [5.41, 5.74) is 0. The van der Waals surface area contributed by atoms with E-state index in [-0.39, 0.29) is 6.10 Å². The molecule has 0 spiro atoms. The zero-order valence-corrected chi connectivity index (χ0v) is 15.3. The highest BCUT2D eigenvalue weighted by Crippen LogP contribution is 2.09. The van der Waals surface area contributed by atoms with Gasteiger partial charge in [-0.1, -0.05) is 93.0 Å². The molecule has 0 saturated carbocycles. The second kappa shape index (κ2) is 18.2. The molecule has 0 aromatic heterocycles. The normalized spacial score (nSPS) is 14.3. The lowest BCUT2D eigenvalue weighted by Crippen LogP contribution is -2.05. The molecule has 0 aliphatic heterocycles. The summed E-state index contributed by atoms with van der Waals surface area (Å²) in [5.74, 6) is -0.949. The van der Waals surface area contributed by atoms with Crippen molar-refractivity contribution in [3.8, 4) is 0 Å². The van der Waals surface area contributed by atoms with E-state index in [4.69, 9.17) is 5.11 Å². The Morgan fingerprint density at radius 2 is 1.32 bits per heavy atom. The quantitative estimate of drug-likeness (QED) is 0.248. The largest absolute Gasteiger partial charge is 0.478 e. The van der Waals surface area contributed by atoms with Gasteiger partial charge in [-0.05, 0) is 25.7 Å². The fourth-order valence-corrected chi connectivity index (χ4v) is 2.07. The Morgan fingerprint density at radius 3 is 1.88 bits per heavy atom. The number of rotatable bonds is 14. The van der Waals surface area contributed by atoms with Crippen molar-refractivity contribution in [3.63, 3.8) is 0 Å². The van der Waals surface area contributed by atoms with Crippen molar-refractivity contribution in [1.82, 2.24) is 0 Å². The van der Waals surface area contributed by atoms with Crippen molar-refractivity contribution in [2.75, 3.05) is 0 Å². The molecule has 0 fully saturated rings. The van der Waals surface area contributed by atoms with E-state index in [2.05, 4.69) is 13.0 Å². The summed E-state index contributed by atoms with van der Waals surface area (Å²) in [6, 6.07) is 0. The molecule has 3 heteroatoms. The van der Waals surface area contributed by atoms with Gasteiger partial charge < -0.3 is 10.2 Å². The second-order valence-corrected chi connectivity index (χ2v) is 5.75. The van der Waals surface area contributed by atoms with Crippen LogP contribution in [-0.2, 0) is 4.79 Å². The summed E-state index contributed by atoms with van der Waals surface area (Å²) in [6.45, 7) is 2.18. The number of allylic oxidation sites excluding steroid dienone is 11. The van der Waals surface area contributed by atoms with Crippen LogP contribution in [0.1, 0.15) is 51.9 Å². The summed E-state index contributed by atoms with van der Waals surface area (Å²) >= 11 is 0. The van der Waals surface area contributed by atoms with Gasteiger partial charge in [0.2, 0.25) is 0 Å². The van der Waals surface area contributed by atoms with Crippen molar-refractivity contribution >= 4 is 5.97 Å². The summed E-state index contributed by atoms with van der Waals surface area (Å²) in [6.07, 6.45) is 28.9. The van der Waals surface area contributed by atoms with E-state index in [1.165, 1.54) is 18.9 Å². The third kappa shape index (κ3) is 19.8. The van der Waals surface area contributed by atoms with Gasteiger partial charge in [0.1, 0.15) is 0 Å². The average molecular weight is 344 g/mol. The number of unbranched alkanes of at least 4 members (excludes halogenated alkanes) is 3. The number of aliphatic carboxylic acids is 1. The lowest BCUT2D eigenvalue weighted by molar-refractivity contribution is -0.131. The standard InChI is InChI=1S/C22H32O3/c1-2-3-15-18-21(23)19-16-13-11-9-7-5-4-6-8-10-12-14-17-20-22(24)25/h4-12,14,17,20-21,23H,2-3,13,15-16,18-19H2,1H3,(H,24,25). The zero-order chi connectivity index (χ0) is 18.6. The molecule has 0 bridgehead atoms. The van der Waals surface area contributed by atoms with Crippen molar-refractivity contribution in [2.45, 2.75) is 58.0 Å². The lowest BCUT2D eigenvalue weighted by Gasteiger charge is -2.08.